The highest BCUT2D eigenvalue weighted by atomic mass is 32.2. The number of likely N-dealkylation sites (tertiary alicyclic amines) is 1. The first-order valence-electron chi connectivity index (χ1n) is 7.31. The Morgan fingerprint density at radius 3 is 2.74 bits per heavy atom. The fourth-order valence-electron chi connectivity index (χ4n) is 4.30. The van der Waals surface area contributed by atoms with Crippen molar-refractivity contribution in [3.8, 4) is 0 Å². The predicted molar refractivity (Wildman–Crippen MR) is 82.2 cm³/mol. The second kappa shape index (κ2) is 5.28. The average molecular weight is 284 g/mol. The molecule has 2 N–H and O–H groups in total. The Morgan fingerprint density at radius 1 is 1.42 bits per heavy atom. The molecule has 2 rings (SSSR count). The van der Waals surface area contributed by atoms with Gasteiger partial charge in [0, 0.05) is 12.6 Å². The van der Waals surface area contributed by atoms with Gasteiger partial charge in [0.25, 0.3) is 0 Å². The number of thioether (sulfide) groups is 1. The number of hydrogen-bond donors (Lipinski definition) is 1. The second-order valence-electron chi connectivity index (χ2n) is 7.57. The quantitative estimate of drug-likeness (QED) is 0.863. The Hall–Kier alpha value is -0.220. The third-order valence-electron chi connectivity index (χ3n) is 4.65. The highest BCUT2D eigenvalue weighted by molar-refractivity contribution is 7.98. The lowest BCUT2D eigenvalue weighted by Gasteiger charge is -2.39. The van der Waals surface area contributed by atoms with Gasteiger partial charge in [0.05, 0.1) is 6.04 Å². The molecule has 3 nitrogen and oxygen atoms in total. The van der Waals surface area contributed by atoms with E-state index in [1.54, 1.807) is 11.8 Å². The van der Waals surface area contributed by atoms with Crippen LogP contribution in [0.2, 0.25) is 0 Å². The Bertz CT molecular complexity index is 358. The van der Waals surface area contributed by atoms with Crippen LogP contribution in [0, 0.1) is 10.8 Å². The lowest BCUT2D eigenvalue weighted by Crippen LogP contribution is -2.46. The average Bonchev–Trinajstić information content (AvgIpc) is 2.54. The van der Waals surface area contributed by atoms with Crippen molar-refractivity contribution in [2.45, 2.75) is 58.5 Å². The lowest BCUT2D eigenvalue weighted by atomic mass is 9.65. The van der Waals surface area contributed by atoms with E-state index < -0.39 is 0 Å². The van der Waals surface area contributed by atoms with Crippen molar-refractivity contribution in [3.05, 3.63) is 0 Å². The van der Waals surface area contributed by atoms with Gasteiger partial charge < -0.3 is 10.6 Å². The van der Waals surface area contributed by atoms with Crippen LogP contribution in [0.15, 0.2) is 0 Å². The Morgan fingerprint density at radius 2 is 2.11 bits per heavy atom. The van der Waals surface area contributed by atoms with Gasteiger partial charge in [0.1, 0.15) is 0 Å². The van der Waals surface area contributed by atoms with Crippen molar-refractivity contribution < 1.29 is 4.79 Å². The van der Waals surface area contributed by atoms with E-state index in [2.05, 4.69) is 31.9 Å². The molecule has 2 bridgehead atoms. The number of amides is 1. The van der Waals surface area contributed by atoms with Crippen molar-refractivity contribution in [1.82, 2.24) is 4.90 Å². The number of nitrogens with two attached hydrogens (primary N) is 1. The molecule has 4 heteroatoms. The maximum atomic E-state index is 12.5. The van der Waals surface area contributed by atoms with Crippen molar-refractivity contribution in [2.24, 2.45) is 16.6 Å². The lowest BCUT2D eigenvalue weighted by molar-refractivity contribution is -0.133. The van der Waals surface area contributed by atoms with E-state index >= 15 is 0 Å². The maximum Gasteiger partial charge on any atom is 0.239 e. The summed E-state index contributed by atoms with van der Waals surface area (Å²) in [5.74, 6) is 1.15. The van der Waals surface area contributed by atoms with E-state index in [-0.39, 0.29) is 11.9 Å². The molecule has 1 saturated heterocycles. The molecular formula is C15H28N2OS. The number of carbonyl (C=O) groups excluding carboxylic acids is 1. The summed E-state index contributed by atoms with van der Waals surface area (Å²) < 4.78 is 0. The van der Waals surface area contributed by atoms with Gasteiger partial charge in [-0.1, -0.05) is 20.8 Å². The van der Waals surface area contributed by atoms with Crippen LogP contribution in [-0.2, 0) is 4.79 Å². The third-order valence-corrected chi connectivity index (χ3v) is 5.29. The number of nitrogens with zero attached hydrogens (tertiary/aromatic N) is 1. The second-order valence-corrected chi connectivity index (χ2v) is 8.55. The third kappa shape index (κ3) is 3.27. The number of hydrogen-bond acceptors (Lipinski definition) is 3. The first-order chi connectivity index (χ1) is 8.76. The van der Waals surface area contributed by atoms with Crippen LogP contribution in [0.5, 0.6) is 0 Å². The number of fused-ring (bicyclic) bond motifs is 2. The van der Waals surface area contributed by atoms with Gasteiger partial charge in [0.2, 0.25) is 5.91 Å². The monoisotopic (exact) mass is 284 g/mol. The SMILES string of the molecule is CSCC[C@@H](N)C(=O)N1CC2(C)CC1CC(C)(C)C2. The van der Waals surface area contributed by atoms with Crippen LogP contribution in [0.4, 0.5) is 0 Å². The first-order valence-corrected chi connectivity index (χ1v) is 8.71. The van der Waals surface area contributed by atoms with Crippen molar-refractivity contribution in [3.63, 3.8) is 0 Å². The van der Waals surface area contributed by atoms with Gasteiger partial charge in [-0.3, -0.25) is 4.79 Å². The molecule has 0 radical (unpaired) electrons. The summed E-state index contributed by atoms with van der Waals surface area (Å²) in [6, 6.07) is 0.111. The molecule has 19 heavy (non-hydrogen) atoms. The summed E-state index contributed by atoms with van der Waals surface area (Å²) in [4.78, 5) is 14.6. The fourth-order valence-corrected chi connectivity index (χ4v) is 4.79. The Balaban J connectivity index is 2.05. The molecule has 2 fully saturated rings. The Labute approximate surface area is 121 Å². The molecule has 1 aliphatic heterocycles. The minimum absolute atomic E-state index is 0.181. The minimum atomic E-state index is -0.307. The molecule has 1 heterocycles. The van der Waals surface area contributed by atoms with Gasteiger partial charge in [-0.05, 0) is 48.5 Å². The van der Waals surface area contributed by atoms with E-state index in [1.165, 1.54) is 6.42 Å². The summed E-state index contributed by atoms with van der Waals surface area (Å²) >= 11 is 1.76. The van der Waals surface area contributed by atoms with Gasteiger partial charge >= 0.3 is 0 Å². The zero-order chi connectivity index (χ0) is 14.3. The molecule has 1 aliphatic carbocycles. The Kier molecular flexibility index (Phi) is 4.22. The molecule has 0 aromatic rings. The summed E-state index contributed by atoms with van der Waals surface area (Å²) in [6.07, 6.45) is 6.37. The van der Waals surface area contributed by atoms with E-state index in [1.807, 2.05) is 0 Å². The molecule has 110 valence electrons. The standard InChI is InChI=1S/C15H28N2OS/c1-14(2)7-11-8-15(3,9-14)10-17(11)13(18)12(16)5-6-19-4/h11-12H,5-10,16H2,1-4H3/t11?,12-,15?/m1/s1. The van der Waals surface area contributed by atoms with Gasteiger partial charge in [-0.15, -0.1) is 0 Å². The van der Waals surface area contributed by atoms with Crippen LogP contribution < -0.4 is 5.73 Å². The molecule has 0 aromatic heterocycles. The molecule has 0 spiro atoms. The summed E-state index contributed by atoms with van der Waals surface area (Å²) in [5.41, 5.74) is 6.74. The van der Waals surface area contributed by atoms with Gasteiger partial charge in [-0.25, -0.2) is 0 Å². The van der Waals surface area contributed by atoms with E-state index in [4.69, 9.17) is 5.73 Å². The highest BCUT2D eigenvalue weighted by Crippen LogP contribution is 2.52. The van der Waals surface area contributed by atoms with Crippen LogP contribution in [0.25, 0.3) is 0 Å². The summed E-state index contributed by atoms with van der Waals surface area (Å²) in [7, 11) is 0. The summed E-state index contributed by atoms with van der Waals surface area (Å²) in [5, 5.41) is 0. The van der Waals surface area contributed by atoms with Crippen molar-refractivity contribution in [2.75, 3.05) is 18.6 Å². The molecule has 2 unspecified atom stereocenters. The van der Waals surface area contributed by atoms with Gasteiger partial charge in [0.15, 0.2) is 0 Å². The van der Waals surface area contributed by atoms with E-state index in [0.717, 1.165) is 31.6 Å². The highest BCUT2D eigenvalue weighted by Gasteiger charge is 2.51. The zero-order valence-corrected chi connectivity index (χ0v) is 13.6. The predicted octanol–water partition coefficient (Wildman–Crippen LogP) is 2.49. The molecule has 1 amide bonds. The van der Waals surface area contributed by atoms with Crippen molar-refractivity contribution >= 4 is 17.7 Å². The minimum Gasteiger partial charge on any atom is -0.338 e. The normalized spacial score (nSPS) is 34.4. The van der Waals surface area contributed by atoms with E-state index in [0.29, 0.717) is 16.9 Å². The maximum absolute atomic E-state index is 12.5. The molecule has 3 atom stereocenters. The number of carbonyl (C=O) groups is 1. The first kappa shape index (κ1) is 15.2. The zero-order valence-electron chi connectivity index (χ0n) is 12.7. The van der Waals surface area contributed by atoms with Crippen LogP contribution in [0.3, 0.4) is 0 Å². The largest absolute Gasteiger partial charge is 0.338 e. The molecule has 0 aromatic carbocycles. The summed E-state index contributed by atoms with van der Waals surface area (Å²) in [6.45, 7) is 7.91. The topological polar surface area (TPSA) is 46.3 Å². The van der Waals surface area contributed by atoms with Crippen LogP contribution in [0.1, 0.15) is 46.5 Å². The van der Waals surface area contributed by atoms with Crippen molar-refractivity contribution in [1.29, 1.82) is 0 Å². The van der Waals surface area contributed by atoms with Crippen LogP contribution >= 0.6 is 11.8 Å². The smallest absolute Gasteiger partial charge is 0.239 e. The fraction of sp³-hybridized carbons (Fsp3) is 0.933. The molecular weight excluding hydrogens is 256 g/mol. The van der Waals surface area contributed by atoms with Gasteiger partial charge in [-0.2, -0.15) is 11.8 Å². The molecule has 2 aliphatic rings. The van der Waals surface area contributed by atoms with Crippen LogP contribution in [-0.4, -0.2) is 41.4 Å². The number of rotatable bonds is 4. The molecule has 1 saturated carbocycles. The van der Waals surface area contributed by atoms with E-state index in [9.17, 15) is 4.79 Å².